The fourth-order valence-corrected chi connectivity index (χ4v) is 2.20. The number of rotatable bonds is 3. The first kappa shape index (κ1) is 13.5. The SMILES string of the molecule is Cc1nn(CC(=O)N2CCOCC2)c(C)c1C(=O)O. The van der Waals surface area contributed by atoms with Gasteiger partial charge in [0, 0.05) is 13.1 Å². The molecule has 0 bridgehead atoms. The summed E-state index contributed by atoms with van der Waals surface area (Å²) in [6.45, 7) is 5.60. The fraction of sp³-hybridized carbons (Fsp3) is 0.583. The molecule has 7 nitrogen and oxygen atoms in total. The monoisotopic (exact) mass is 267 g/mol. The molecule has 1 aromatic rings. The van der Waals surface area contributed by atoms with Gasteiger partial charge in [0.05, 0.1) is 24.6 Å². The highest BCUT2D eigenvalue weighted by molar-refractivity contribution is 5.90. The van der Waals surface area contributed by atoms with Crippen molar-refractivity contribution in [2.75, 3.05) is 26.3 Å². The zero-order valence-electron chi connectivity index (χ0n) is 11.0. The predicted molar refractivity (Wildman–Crippen MR) is 66.1 cm³/mol. The topological polar surface area (TPSA) is 84.7 Å². The Bertz CT molecular complexity index is 503. The van der Waals surface area contributed by atoms with Gasteiger partial charge in [-0.2, -0.15) is 5.10 Å². The third-order valence-corrected chi connectivity index (χ3v) is 3.24. The highest BCUT2D eigenvalue weighted by Crippen LogP contribution is 2.13. The van der Waals surface area contributed by atoms with Crippen molar-refractivity contribution in [3.8, 4) is 0 Å². The quantitative estimate of drug-likeness (QED) is 0.837. The largest absolute Gasteiger partial charge is 0.478 e. The van der Waals surface area contributed by atoms with Crippen molar-refractivity contribution in [1.82, 2.24) is 14.7 Å². The molecular weight excluding hydrogens is 250 g/mol. The van der Waals surface area contributed by atoms with Crippen LogP contribution in [-0.4, -0.2) is 58.0 Å². The number of hydrogen-bond acceptors (Lipinski definition) is 4. The normalized spacial score (nSPS) is 15.6. The van der Waals surface area contributed by atoms with Crippen molar-refractivity contribution in [2.45, 2.75) is 20.4 Å². The molecule has 1 N–H and O–H groups in total. The summed E-state index contributed by atoms with van der Waals surface area (Å²) in [6.07, 6.45) is 0. The van der Waals surface area contributed by atoms with E-state index in [-0.39, 0.29) is 18.0 Å². The number of aromatic nitrogens is 2. The maximum atomic E-state index is 12.1. The molecule has 0 radical (unpaired) electrons. The lowest BCUT2D eigenvalue weighted by Crippen LogP contribution is -2.42. The maximum Gasteiger partial charge on any atom is 0.339 e. The Morgan fingerprint density at radius 2 is 1.95 bits per heavy atom. The van der Waals surface area contributed by atoms with Gasteiger partial charge in [-0.3, -0.25) is 9.48 Å². The van der Waals surface area contributed by atoms with Gasteiger partial charge in [-0.05, 0) is 13.8 Å². The zero-order valence-corrected chi connectivity index (χ0v) is 11.0. The van der Waals surface area contributed by atoms with E-state index in [1.807, 2.05) is 0 Å². The predicted octanol–water partition coefficient (Wildman–Crippen LogP) is 0.0569. The van der Waals surface area contributed by atoms with E-state index in [0.29, 0.717) is 37.7 Å². The lowest BCUT2D eigenvalue weighted by molar-refractivity contribution is -0.136. The molecule has 0 spiro atoms. The van der Waals surface area contributed by atoms with Gasteiger partial charge in [0.25, 0.3) is 0 Å². The molecule has 2 heterocycles. The van der Waals surface area contributed by atoms with Gasteiger partial charge in [0.1, 0.15) is 12.1 Å². The Morgan fingerprint density at radius 1 is 1.32 bits per heavy atom. The molecular formula is C12H17N3O4. The molecule has 1 aliphatic rings. The molecule has 1 aromatic heterocycles. The lowest BCUT2D eigenvalue weighted by atomic mass is 10.2. The van der Waals surface area contributed by atoms with Gasteiger partial charge in [-0.15, -0.1) is 0 Å². The van der Waals surface area contributed by atoms with Crippen LogP contribution in [0.3, 0.4) is 0 Å². The van der Waals surface area contributed by atoms with Gasteiger partial charge in [-0.1, -0.05) is 0 Å². The Kier molecular flexibility index (Phi) is 3.84. The maximum absolute atomic E-state index is 12.1. The number of carbonyl (C=O) groups excluding carboxylic acids is 1. The average Bonchev–Trinajstić information content (AvgIpc) is 2.65. The Hall–Kier alpha value is -1.89. The van der Waals surface area contributed by atoms with E-state index in [1.54, 1.807) is 18.7 Å². The molecule has 0 unspecified atom stereocenters. The van der Waals surface area contributed by atoms with Crippen LogP contribution in [0.4, 0.5) is 0 Å². The van der Waals surface area contributed by atoms with Crippen molar-refractivity contribution in [1.29, 1.82) is 0 Å². The minimum Gasteiger partial charge on any atom is -0.478 e. The number of aryl methyl sites for hydroxylation is 1. The van der Waals surface area contributed by atoms with Gasteiger partial charge in [0.2, 0.25) is 5.91 Å². The molecule has 0 saturated carbocycles. The number of carbonyl (C=O) groups is 2. The van der Waals surface area contributed by atoms with Crippen LogP contribution < -0.4 is 0 Å². The van der Waals surface area contributed by atoms with E-state index in [2.05, 4.69) is 5.10 Å². The standard InChI is InChI=1S/C12H17N3O4/c1-8-11(12(17)18)9(2)15(13-8)7-10(16)14-3-5-19-6-4-14/h3-7H2,1-2H3,(H,17,18). The van der Waals surface area contributed by atoms with Gasteiger partial charge >= 0.3 is 5.97 Å². The van der Waals surface area contributed by atoms with Crippen LogP contribution in [-0.2, 0) is 16.1 Å². The zero-order chi connectivity index (χ0) is 14.0. The molecule has 1 saturated heterocycles. The van der Waals surface area contributed by atoms with Crippen molar-refractivity contribution < 1.29 is 19.4 Å². The summed E-state index contributed by atoms with van der Waals surface area (Å²) in [5.74, 6) is -1.08. The van der Waals surface area contributed by atoms with Crippen LogP contribution in [0, 0.1) is 13.8 Å². The first-order chi connectivity index (χ1) is 9.00. The second-order valence-electron chi connectivity index (χ2n) is 4.50. The number of morpholine rings is 1. The number of nitrogens with zero attached hydrogens (tertiary/aromatic N) is 3. The third-order valence-electron chi connectivity index (χ3n) is 3.24. The van der Waals surface area contributed by atoms with E-state index in [9.17, 15) is 9.59 Å². The Balaban J connectivity index is 2.13. The molecule has 19 heavy (non-hydrogen) atoms. The van der Waals surface area contributed by atoms with Crippen LogP contribution >= 0.6 is 0 Å². The van der Waals surface area contributed by atoms with Crippen LogP contribution in [0.1, 0.15) is 21.7 Å². The number of aromatic carboxylic acids is 1. The molecule has 2 rings (SSSR count). The average molecular weight is 267 g/mol. The first-order valence-electron chi connectivity index (χ1n) is 6.13. The summed E-state index contributed by atoms with van der Waals surface area (Å²) >= 11 is 0. The minimum atomic E-state index is -1.01. The summed E-state index contributed by atoms with van der Waals surface area (Å²) in [4.78, 5) is 24.9. The summed E-state index contributed by atoms with van der Waals surface area (Å²) in [7, 11) is 0. The van der Waals surface area contributed by atoms with Gasteiger partial charge in [-0.25, -0.2) is 4.79 Å². The van der Waals surface area contributed by atoms with Crippen LogP contribution in [0.2, 0.25) is 0 Å². The van der Waals surface area contributed by atoms with Crippen molar-refractivity contribution in [2.24, 2.45) is 0 Å². The van der Waals surface area contributed by atoms with Crippen LogP contribution in [0.5, 0.6) is 0 Å². The highest BCUT2D eigenvalue weighted by atomic mass is 16.5. The minimum absolute atomic E-state index is 0.0640. The lowest BCUT2D eigenvalue weighted by Gasteiger charge is -2.26. The second kappa shape index (κ2) is 5.40. The molecule has 7 heteroatoms. The number of ether oxygens (including phenoxy) is 1. The van der Waals surface area contributed by atoms with Crippen molar-refractivity contribution in [3.63, 3.8) is 0 Å². The highest BCUT2D eigenvalue weighted by Gasteiger charge is 2.22. The van der Waals surface area contributed by atoms with Gasteiger partial charge < -0.3 is 14.7 Å². The summed E-state index contributed by atoms with van der Waals surface area (Å²) in [5, 5.41) is 13.2. The van der Waals surface area contributed by atoms with E-state index in [0.717, 1.165) is 0 Å². The summed E-state index contributed by atoms with van der Waals surface area (Å²) < 4.78 is 6.64. The Labute approximate surface area is 110 Å². The summed E-state index contributed by atoms with van der Waals surface area (Å²) in [6, 6.07) is 0. The van der Waals surface area contributed by atoms with E-state index < -0.39 is 5.97 Å². The molecule has 1 aliphatic heterocycles. The molecule has 0 atom stereocenters. The second-order valence-corrected chi connectivity index (χ2v) is 4.50. The third kappa shape index (κ3) is 2.76. The number of carboxylic acids is 1. The molecule has 1 amide bonds. The molecule has 104 valence electrons. The smallest absolute Gasteiger partial charge is 0.339 e. The van der Waals surface area contributed by atoms with Crippen LogP contribution in [0.25, 0.3) is 0 Å². The van der Waals surface area contributed by atoms with Gasteiger partial charge in [0.15, 0.2) is 0 Å². The first-order valence-corrected chi connectivity index (χ1v) is 6.13. The number of carboxylic acid groups (broad SMARTS) is 1. The van der Waals surface area contributed by atoms with Crippen molar-refractivity contribution >= 4 is 11.9 Å². The van der Waals surface area contributed by atoms with Crippen LogP contribution in [0.15, 0.2) is 0 Å². The fourth-order valence-electron chi connectivity index (χ4n) is 2.20. The molecule has 0 aliphatic carbocycles. The Morgan fingerprint density at radius 3 is 2.47 bits per heavy atom. The van der Waals surface area contributed by atoms with E-state index in [1.165, 1.54) is 4.68 Å². The summed E-state index contributed by atoms with van der Waals surface area (Å²) in [5.41, 5.74) is 1.11. The number of hydrogen-bond donors (Lipinski definition) is 1. The number of amides is 1. The molecule has 0 aromatic carbocycles. The van der Waals surface area contributed by atoms with E-state index >= 15 is 0 Å². The molecule has 1 fully saturated rings. The van der Waals surface area contributed by atoms with Crippen molar-refractivity contribution in [3.05, 3.63) is 17.0 Å². The van der Waals surface area contributed by atoms with E-state index in [4.69, 9.17) is 9.84 Å².